The van der Waals surface area contributed by atoms with Crippen LogP contribution in [0.3, 0.4) is 0 Å². The number of carboxylic acid groups (broad SMARTS) is 1. The SMILES string of the molecule is CC(=O)Nc1ccc(C(=O)NN(C)CCC(=O)N2CCCC(C(=O)NC(C=O)CC(=O)O)N2C=O)cc1Cl. The highest BCUT2D eigenvalue weighted by Crippen LogP contribution is 2.23. The lowest BCUT2D eigenvalue weighted by Crippen LogP contribution is -2.60. The molecule has 0 spiro atoms. The van der Waals surface area contributed by atoms with Crippen LogP contribution in [-0.4, -0.2) is 94.6 Å². The van der Waals surface area contributed by atoms with Crippen LogP contribution < -0.4 is 16.1 Å². The molecule has 15 heteroatoms. The highest BCUT2D eigenvalue weighted by molar-refractivity contribution is 6.34. The molecule has 2 rings (SSSR count). The number of nitrogens with zero attached hydrogens (tertiary/aromatic N) is 3. The summed E-state index contributed by atoms with van der Waals surface area (Å²) in [7, 11) is 1.53. The van der Waals surface area contributed by atoms with Crippen LogP contribution in [0, 0.1) is 0 Å². The van der Waals surface area contributed by atoms with Crippen molar-refractivity contribution < 1.29 is 38.7 Å². The minimum Gasteiger partial charge on any atom is -0.481 e. The molecule has 2 atom stereocenters. The van der Waals surface area contributed by atoms with Gasteiger partial charge >= 0.3 is 5.97 Å². The van der Waals surface area contributed by atoms with Gasteiger partial charge in [0.1, 0.15) is 12.3 Å². The Morgan fingerprint density at radius 2 is 1.95 bits per heavy atom. The van der Waals surface area contributed by atoms with Crippen LogP contribution >= 0.6 is 11.6 Å². The van der Waals surface area contributed by atoms with Crippen molar-refractivity contribution in [3.63, 3.8) is 0 Å². The van der Waals surface area contributed by atoms with Gasteiger partial charge in [0, 0.05) is 39.0 Å². The van der Waals surface area contributed by atoms with Crippen molar-refractivity contribution in [2.75, 3.05) is 25.5 Å². The summed E-state index contributed by atoms with van der Waals surface area (Å²) in [4.78, 5) is 82.9. The third-order valence-corrected chi connectivity index (χ3v) is 5.84. The number of carbonyl (C=O) groups excluding carboxylic acids is 6. The minimum atomic E-state index is -1.28. The lowest BCUT2D eigenvalue weighted by molar-refractivity contribution is -0.170. The molecule has 4 N–H and O–H groups in total. The largest absolute Gasteiger partial charge is 0.481 e. The molecule has 0 saturated carbocycles. The molecule has 0 bridgehead atoms. The molecule has 1 aromatic carbocycles. The first-order valence-corrected chi connectivity index (χ1v) is 11.9. The van der Waals surface area contributed by atoms with Crippen LogP contribution in [-0.2, 0) is 28.8 Å². The second-order valence-corrected chi connectivity index (χ2v) is 8.90. The zero-order valence-electron chi connectivity index (χ0n) is 20.8. The number of amides is 5. The van der Waals surface area contributed by atoms with Crippen molar-refractivity contribution in [1.29, 1.82) is 0 Å². The van der Waals surface area contributed by atoms with Crippen LogP contribution in [0.1, 0.15) is 43.0 Å². The summed E-state index contributed by atoms with van der Waals surface area (Å²) in [5.41, 5.74) is 3.16. The van der Waals surface area contributed by atoms with Crippen LogP contribution in [0.15, 0.2) is 18.2 Å². The third kappa shape index (κ3) is 8.52. The fourth-order valence-corrected chi connectivity index (χ4v) is 3.95. The van der Waals surface area contributed by atoms with E-state index in [4.69, 9.17) is 16.7 Å². The first kappa shape index (κ1) is 30.2. The van der Waals surface area contributed by atoms with E-state index in [0.29, 0.717) is 24.8 Å². The molecule has 1 saturated heterocycles. The van der Waals surface area contributed by atoms with Crippen LogP contribution in [0.5, 0.6) is 0 Å². The maximum absolute atomic E-state index is 12.9. The maximum Gasteiger partial charge on any atom is 0.305 e. The molecule has 206 valence electrons. The molecule has 38 heavy (non-hydrogen) atoms. The van der Waals surface area contributed by atoms with Crippen molar-refractivity contribution >= 4 is 59.6 Å². The number of hydrogen-bond donors (Lipinski definition) is 4. The highest BCUT2D eigenvalue weighted by atomic mass is 35.5. The fourth-order valence-electron chi connectivity index (χ4n) is 3.72. The van der Waals surface area contributed by atoms with E-state index in [2.05, 4.69) is 16.1 Å². The quantitative estimate of drug-likeness (QED) is 0.201. The Hall–Kier alpha value is -4.04. The summed E-state index contributed by atoms with van der Waals surface area (Å²) < 4.78 is 0. The average Bonchev–Trinajstić information content (AvgIpc) is 2.86. The maximum atomic E-state index is 12.9. The van der Waals surface area contributed by atoms with E-state index < -0.39 is 42.2 Å². The van der Waals surface area contributed by atoms with Gasteiger partial charge < -0.3 is 20.5 Å². The van der Waals surface area contributed by atoms with Crippen LogP contribution in [0.2, 0.25) is 5.02 Å². The Morgan fingerprint density at radius 3 is 2.53 bits per heavy atom. The van der Waals surface area contributed by atoms with Gasteiger partial charge in [0.2, 0.25) is 24.1 Å². The second kappa shape index (κ2) is 14.0. The van der Waals surface area contributed by atoms with Crippen LogP contribution in [0.4, 0.5) is 5.69 Å². The molecular formula is C23H29ClN6O8. The first-order valence-electron chi connectivity index (χ1n) is 11.6. The Morgan fingerprint density at radius 1 is 1.24 bits per heavy atom. The predicted octanol–water partition coefficient (Wildman–Crippen LogP) is -0.212. The topological polar surface area (TPSA) is 186 Å². The third-order valence-electron chi connectivity index (χ3n) is 5.53. The van der Waals surface area contributed by atoms with Crippen molar-refractivity contribution in [2.24, 2.45) is 0 Å². The summed E-state index contributed by atoms with van der Waals surface area (Å²) in [5, 5.41) is 17.3. The second-order valence-electron chi connectivity index (χ2n) is 8.50. The van der Waals surface area contributed by atoms with E-state index in [1.165, 1.54) is 37.2 Å². The number of carboxylic acids is 1. The van der Waals surface area contributed by atoms with Gasteiger partial charge in [-0.15, -0.1) is 0 Å². The van der Waals surface area contributed by atoms with Crippen molar-refractivity contribution in [3.8, 4) is 0 Å². The lowest BCUT2D eigenvalue weighted by Gasteiger charge is -2.41. The van der Waals surface area contributed by atoms with E-state index in [9.17, 15) is 33.6 Å². The number of anilines is 1. The number of hydrogen-bond acceptors (Lipinski definition) is 8. The van der Waals surface area contributed by atoms with Gasteiger partial charge in [-0.25, -0.2) is 10.0 Å². The van der Waals surface area contributed by atoms with Crippen molar-refractivity contribution in [1.82, 2.24) is 25.8 Å². The monoisotopic (exact) mass is 552 g/mol. The normalized spacial score (nSPS) is 15.8. The van der Waals surface area contributed by atoms with Crippen molar-refractivity contribution in [2.45, 2.75) is 44.7 Å². The molecule has 0 aromatic heterocycles. The molecule has 1 fully saturated rings. The first-order chi connectivity index (χ1) is 18.0. The Labute approximate surface area is 223 Å². The number of benzene rings is 1. The van der Waals surface area contributed by atoms with Gasteiger partial charge in [0.25, 0.3) is 5.91 Å². The van der Waals surface area contributed by atoms with E-state index in [1.807, 2.05) is 0 Å². The van der Waals surface area contributed by atoms with Gasteiger partial charge in [-0.3, -0.25) is 39.2 Å². The number of halogens is 1. The number of hydrazine groups is 2. The molecule has 1 aliphatic rings. The van der Waals surface area contributed by atoms with Gasteiger partial charge in [-0.1, -0.05) is 11.6 Å². The number of aliphatic carboxylic acids is 1. The smallest absolute Gasteiger partial charge is 0.305 e. The van der Waals surface area contributed by atoms with E-state index in [0.717, 1.165) is 10.0 Å². The molecule has 5 amide bonds. The number of nitrogens with one attached hydrogen (secondary N) is 3. The Kier molecular flexibility index (Phi) is 11.2. The molecule has 2 unspecified atom stereocenters. The molecule has 0 aliphatic carbocycles. The number of carbonyl (C=O) groups is 7. The highest BCUT2D eigenvalue weighted by Gasteiger charge is 2.36. The molecular weight excluding hydrogens is 524 g/mol. The minimum absolute atomic E-state index is 0.0637. The molecule has 14 nitrogen and oxygen atoms in total. The molecule has 1 aliphatic heterocycles. The molecule has 1 aromatic rings. The number of aldehydes is 1. The summed E-state index contributed by atoms with van der Waals surface area (Å²) >= 11 is 6.10. The summed E-state index contributed by atoms with van der Waals surface area (Å²) in [6, 6.07) is 1.97. The molecule has 0 radical (unpaired) electrons. The van der Waals surface area contributed by atoms with Crippen LogP contribution in [0.25, 0.3) is 0 Å². The van der Waals surface area contributed by atoms with Gasteiger partial charge in [0.15, 0.2) is 0 Å². The fraction of sp³-hybridized carbons (Fsp3) is 0.435. The van der Waals surface area contributed by atoms with E-state index in [1.54, 1.807) is 0 Å². The van der Waals surface area contributed by atoms with Gasteiger partial charge in [0.05, 0.1) is 23.2 Å². The standard InChI is InChI=1S/C23H29ClN6O8/c1-14(33)25-18-6-5-15(10-17(18)24)22(37)27-28(2)9-7-20(34)29-8-3-4-19(30(29)13-32)23(38)26-16(12-31)11-21(35)36/h5-6,10,12-13,16,19H,3-4,7-9,11H2,1-2H3,(H,25,33)(H,26,38)(H,27,37)(H,35,36). The Bertz CT molecular complexity index is 1100. The lowest BCUT2D eigenvalue weighted by atomic mass is 10.1. The average molecular weight is 553 g/mol. The van der Waals surface area contributed by atoms with Crippen molar-refractivity contribution in [3.05, 3.63) is 28.8 Å². The predicted molar refractivity (Wildman–Crippen MR) is 133 cm³/mol. The number of rotatable bonds is 12. The van der Waals surface area contributed by atoms with Gasteiger partial charge in [-0.2, -0.15) is 0 Å². The Balaban J connectivity index is 1.95. The van der Waals surface area contributed by atoms with E-state index >= 15 is 0 Å². The zero-order valence-corrected chi connectivity index (χ0v) is 21.6. The molecule has 1 heterocycles. The van der Waals surface area contributed by atoms with E-state index in [-0.39, 0.29) is 42.4 Å². The summed E-state index contributed by atoms with van der Waals surface area (Å²) in [6.45, 7) is 1.56. The summed E-state index contributed by atoms with van der Waals surface area (Å²) in [5.74, 6) is -3.34. The zero-order chi connectivity index (χ0) is 28.4. The van der Waals surface area contributed by atoms with Gasteiger partial charge in [-0.05, 0) is 31.0 Å². The summed E-state index contributed by atoms with van der Waals surface area (Å²) in [6.07, 6.45) is 0.489.